The van der Waals surface area contributed by atoms with Gasteiger partial charge in [-0.15, -0.1) is 0 Å². The van der Waals surface area contributed by atoms with Crippen LogP contribution >= 0.6 is 0 Å². The first-order valence-electron chi connectivity index (χ1n) is 4.92. The highest BCUT2D eigenvalue weighted by Crippen LogP contribution is 2.11. The molecule has 1 aromatic carbocycles. The number of rotatable bonds is 5. The van der Waals surface area contributed by atoms with E-state index in [1.807, 2.05) is 24.3 Å². The van der Waals surface area contributed by atoms with E-state index in [4.69, 9.17) is 5.73 Å². The molecule has 3 N–H and O–H groups in total. The SMILES string of the molecule is CCCCCNc1cccc(N)c1. The van der Waals surface area contributed by atoms with Crippen LogP contribution in [-0.4, -0.2) is 6.54 Å². The van der Waals surface area contributed by atoms with Crippen LogP contribution in [0.4, 0.5) is 11.4 Å². The molecule has 1 aromatic rings. The third-order valence-corrected chi connectivity index (χ3v) is 2.00. The van der Waals surface area contributed by atoms with Crippen molar-refractivity contribution in [2.75, 3.05) is 17.6 Å². The maximum absolute atomic E-state index is 5.65. The molecule has 0 aliphatic heterocycles. The standard InChI is InChI=1S/C11H18N2/c1-2-3-4-8-13-11-7-5-6-10(12)9-11/h5-7,9,13H,2-4,8,12H2,1H3. The van der Waals surface area contributed by atoms with E-state index in [0.717, 1.165) is 17.9 Å². The molecule has 13 heavy (non-hydrogen) atoms. The molecule has 0 aromatic heterocycles. The van der Waals surface area contributed by atoms with Gasteiger partial charge in [0, 0.05) is 17.9 Å². The van der Waals surface area contributed by atoms with E-state index in [2.05, 4.69) is 12.2 Å². The smallest absolute Gasteiger partial charge is 0.0360 e. The van der Waals surface area contributed by atoms with Crippen LogP contribution in [0.3, 0.4) is 0 Å². The summed E-state index contributed by atoms with van der Waals surface area (Å²) < 4.78 is 0. The first-order chi connectivity index (χ1) is 6.33. The Kier molecular flexibility index (Phi) is 4.16. The Labute approximate surface area is 80.1 Å². The van der Waals surface area contributed by atoms with Crippen molar-refractivity contribution in [3.05, 3.63) is 24.3 Å². The van der Waals surface area contributed by atoms with Crippen molar-refractivity contribution in [3.63, 3.8) is 0 Å². The van der Waals surface area contributed by atoms with Crippen molar-refractivity contribution in [1.29, 1.82) is 0 Å². The molecule has 0 spiro atoms. The van der Waals surface area contributed by atoms with Gasteiger partial charge in [0.2, 0.25) is 0 Å². The van der Waals surface area contributed by atoms with Gasteiger partial charge in [-0.2, -0.15) is 0 Å². The van der Waals surface area contributed by atoms with Gasteiger partial charge in [-0.3, -0.25) is 0 Å². The molecular weight excluding hydrogens is 160 g/mol. The van der Waals surface area contributed by atoms with E-state index in [1.165, 1.54) is 19.3 Å². The molecule has 0 saturated heterocycles. The minimum absolute atomic E-state index is 0.820. The molecular formula is C11H18N2. The Morgan fingerprint density at radius 1 is 1.31 bits per heavy atom. The summed E-state index contributed by atoms with van der Waals surface area (Å²) in [4.78, 5) is 0. The molecule has 0 amide bonds. The van der Waals surface area contributed by atoms with Crippen molar-refractivity contribution in [2.45, 2.75) is 26.2 Å². The summed E-state index contributed by atoms with van der Waals surface area (Å²) in [6.07, 6.45) is 3.78. The molecule has 0 unspecified atom stereocenters. The molecule has 0 heterocycles. The first-order valence-corrected chi connectivity index (χ1v) is 4.92. The van der Waals surface area contributed by atoms with E-state index < -0.39 is 0 Å². The number of nitrogens with one attached hydrogen (secondary N) is 1. The summed E-state index contributed by atoms with van der Waals surface area (Å²) in [5, 5.41) is 3.34. The lowest BCUT2D eigenvalue weighted by molar-refractivity contribution is 0.744. The van der Waals surface area contributed by atoms with Crippen LogP contribution in [0.1, 0.15) is 26.2 Å². The molecule has 0 bridgehead atoms. The van der Waals surface area contributed by atoms with Gasteiger partial charge in [-0.25, -0.2) is 0 Å². The van der Waals surface area contributed by atoms with Crippen LogP contribution in [0.15, 0.2) is 24.3 Å². The topological polar surface area (TPSA) is 38.0 Å². The van der Waals surface area contributed by atoms with Crippen molar-refractivity contribution >= 4 is 11.4 Å². The molecule has 0 aliphatic rings. The highest BCUT2D eigenvalue weighted by Gasteiger charge is 1.91. The fourth-order valence-electron chi connectivity index (χ4n) is 1.26. The number of hydrogen-bond acceptors (Lipinski definition) is 2. The Bertz CT molecular complexity index is 246. The van der Waals surface area contributed by atoms with Gasteiger partial charge in [0.25, 0.3) is 0 Å². The van der Waals surface area contributed by atoms with Gasteiger partial charge < -0.3 is 11.1 Å². The van der Waals surface area contributed by atoms with E-state index >= 15 is 0 Å². The fraction of sp³-hybridized carbons (Fsp3) is 0.455. The lowest BCUT2D eigenvalue weighted by Crippen LogP contribution is -2.01. The van der Waals surface area contributed by atoms with Crippen LogP contribution in [0, 0.1) is 0 Å². The second-order valence-corrected chi connectivity index (χ2v) is 3.26. The van der Waals surface area contributed by atoms with Crippen LogP contribution in [0.5, 0.6) is 0 Å². The van der Waals surface area contributed by atoms with Gasteiger partial charge in [-0.05, 0) is 24.6 Å². The van der Waals surface area contributed by atoms with Crippen molar-refractivity contribution < 1.29 is 0 Å². The number of unbranched alkanes of at least 4 members (excludes halogenated alkanes) is 2. The van der Waals surface area contributed by atoms with Crippen LogP contribution in [0.2, 0.25) is 0 Å². The molecule has 0 fully saturated rings. The van der Waals surface area contributed by atoms with Crippen LogP contribution in [0.25, 0.3) is 0 Å². The van der Waals surface area contributed by atoms with E-state index in [-0.39, 0.29) is 0 Å². The summed E-state index contributed by atoms with van der Waals surface area (Å²) in [5.41, 5.74) is 7.59. The molecule has 72 valence electrons. The van der Waals surface area contributed by atoms with Gasteiger partial charge in [0.1, 0.15) is 0 Å². The summed E-state index contributed by atoms with van der Waals surface area (Å²) in [6, 6.07) is 7.88. The van der Waals surface area contributed by atoms with Gasteiger partial charge in [0.15, 0.2) is 0 Å². The van der Waals surface area contributed by atoms with Crippen molar-refractivity contribution in [1.82, 2.24) is 0 Å². The monoisotopic (exact) mass is 178 g/mol. The third-order valence-electron chi connectivity index (χ3n) is 2.00. The Morgan fingerprint density at radius 2 is 2.15 bits per heavy atom. The predicted molar refractivity (Wildman–Crippen MR) is 58.9 cm³/mol. The van der Waals surface area contributed by atoms with Crippen molar-refractivity contribution in [3.8, 4) is 0 Å². The zero-order valence-corrected chi connectivity index (χ0v) is 8.22. The van der Waals surface area contributed by atoms with Gasteiger partial charge in [-0.1, -0.05) is 25.8 Å². The van der Waals surface area contributed by atoms with E-state index in [0.29, 0.717) is 0 Å². The number of hydrogen-bond donors (Lipinski definition) is 2. The molecule has 0 atom stereocenters. The Balaban J connectivity index is 2.28. The highest BCUT2D eigenvalue weighted by atomic mass is 14.9. The fourth-order valence-corrected chi connectivity index (χ4v) is 1.26. The van der Waals surface area contributed by atoms with E-state index in [9.17, 15) is 0 Å². The minimum Gasteiger partial charge on any atom is -0.399 e. The zero-order valence-electron chi connectivity index (χ0n) is 8.22. The number of nitrogen functional groups attached to an aromatic ring is 1. The number of anilines is 2. The van der Waals surface area contributed by atoms with E-state index in [1.54, 1.807) is 0 Å². The largest absolute Gasteiger partial charge is 0.399 e. The average molecular weight is 178 g/mol. The second kappa shape index (κ2) is 5.46. The first kappa shape index (κ1) is 9.90. The van der Waals surface area contributed by atoms with Crippen molar-refractivity contribution in [2.24, 2.45) is 0 Å². The minimum atomic E-state index is 0.820. The molecule has 2 heteroatoms. The Morgan fingerprint density at radius 3 is 2.85 bits per heavy atom. The quantitative estimate of drug-likeness (QED) is 0.537. The normalized spacial score (nSPS) is 9.92. The molecule has 2 nitrogen and oxygen atoms in total. The summed E-state index contributed by atoms with van der Waals surface area (Å²) in [6.45, 7) is 3.25. The molecule has 0 aliphatic carbocycles. The lowest BCUT2D eigenvalue weighted by atomic mass is 10.2. The second-order valence-electron chi connectivity index (χ2n) is 3.26. The predicted octanol–water partition coefficient (Wildman–Crippen LogP) is 2.87. The zero-order chi connectivity index (χ0) is 9.52. The highest BCUT2D eigenvalue weighted by molar-refractivity contribution is 5.53. The Hall–Kier alpha value is -1.18. The molecule has 1 rings (SSSR count). The van der Waals surface area contributed by atoms with Crippen LogP contribution < -0.4 is 11.1 Å². The third kappa shape index (κ3) is 3.83. The summed E-state index contributed by atoms with van der Waals surface area (Å²) in [7, 11) is 0. The molecule has 0 saturated carbocycles. The average Bonchev–Trinajstić information content (AvgIpc) is 2.13. The summed E-state index contributed by atoms with van der Waals surface area (Å²) >= 11 is 0. The van der Waals surface area contributed by atoms with Gasteiger partial charge in [0.05, 0.1) is 0 Å². The maximum atomic E-state index is 5.65. The molecule has 0 radical (unpaired) electrons. The van der Waals surface area contributed by atoms with Gasteiger partial charge >= 0.3 is 0 Å². The maximum Gasteiger partial charge on any atom is 0.0360 e. The summed E-state index contributed by atoms with van der Waals surface area (Å²) in [5.74, 6) is 0. The lowest BCUT2D eigenvalue weighted by Gasteiger charge is -2.05. The van der Waals surface area contributed by atoms with Crippen LogP contribution in [-0.2, 0) is 0 Å². The number of nitrogens with two attached hydrogens (primary N) is 1. The number of benzene rings is 1.